The minimum Gasteiger partial charge on any atom is -0.462 e. The molecular formula is C61H106O5. The number of allylic oxidation sites excluding steroid dienone is 14. The van der Waals surface area contributed by atoms with E-state index in [1.807, 2.05) is 0 Å². The van der Waals surface area contributed by atoms with Crippen LogP contribution in [0, 0.1) is 0 Å². The van der Waals surface area contributed by atoms with Crippen molar-refractivity contribution in [1.29, 1.82) is 0 Å². The Labute approximate surface area is 409 Å². The first kappa shape index (κ1) is 63.1. The van der Waals surface area contributed by atoms with Crippen LogP contribution in [-0.2, 0) is 19.1 Å². The predicted octanol–water partition coefficient (Wildman–Crippen LogP) is 19.0. The number of carbonyl (C=O) groups excluding carboxylic acids is 2. The fourth-order valence-corrected chi connectivity index (χ4v) is 7.97. The normalized spacial score (nSPS) is 12.8. The molecule has 0 fully saturated rings. The Hall–Kier alpha value is -2.92. The summed E-state index contributed by atoms with van der Waals surface area (Å²) in [6, 6.07) is 0. The molecule has 1 N–H and O–H groups in total. The highest BCUT2D eigenvalue weighted by molar-refractivity contribution is 5.70. The minimum atomic E-state index is -0.775. The number of hydrogen-bond acceptors (Lipinski definition) is 5. The predicted molar refractivity (Wildman–Crippen MR) is 288 cm³/mol. The Morgan fingerprint density at radius 1 is 0.364 bits per heavy atom. The van der Waals surface area contributed by atoms with Crippen molar-refractivity contribution in [3.05, 3.63) is 85.1 Å². The molecule has 0 radical (unpaired) electrons. The Kier molecular flexibility index (Phi) is 53.9. The van der Waals surface area contributed by atoms with E-state index in [-0.39, 0.29) is 25.2 Å². The van der Waals surface area contributed by atoms with Gasteiger partial charge >= 0.3 is 11.9 Å². The summed E-state index contributed by atoms with van der Waals surface area (Å²) >= 11 is 0. The lowest BCUT2D eigenvalue weighted by molar-refractivity contribution is -0.161. The van der Waals surface area contributed by atoms with Crippen molar-refractivity contribution in [2.24, 2.45) is 0 Å². The summed E-state index contributed by atoms with van der Waals surface area (Å²) in [6.07, 6.45) is 78.6. The fourth-order valence-electron chi connectivity index (χ4n) is 7.97. The first-order valence-corrected chi connectivity index (χ1v) is 28.1. The summed E-state index contributed by atoms with van der Waals surface area (Å²) in [6.45, 7) is 4.01. The van der Waals surface area contributed by atoms with Crippen LogP contribution in [0.3, 0.4) is 0 Å². The lowest BCUT2D eigenvalue weighted by Crippen LogP contribution is -2.28. The second-order valence-corrected chi connectivity index (χ2v) is 18.6. The Bertz CT molecular complexity index is 1220. The fraction of sp³-hybridized carbons (Fsp3) is 0.738. The van der Waals surface area contributed by atoms with Gasteiger partial charge in [-0.3, -0.25) is 9.59 Å². The van der Waals surface area contributed by atoms with Crippen molar-refractivity contribution in [2.75, 3.05) is 13.2 Å². The van der Waals surface area contributed by atoms with E-state index in [2.05, 4.69) is 98.9 Å². The Morgan fingerprint density at radius 2 is 0.652 bits per heavy atom. The van der Waals surface area contributed by atoms with Gasteiger partial charge in [-0.25, -0.2) is 0 Å². The SMILES string of the molecule is CC/C=C\C/C=C\C/C=C\C/C=C\C/C=C\C/C=C\CCCCCCCCCCCCCCCCCCCCCCC(=O)OC(CO)COC(=O)CCCCCCC/C=C\CCCCCC. The third-order valence-corrected chi connectivity index (χ3v) is 12.2. The van der Waals surface area contributed by atoms with Gasteiger partial charge in [0.25, 0.3) is 0 Å². The van der Waals surface area contributed by atoms with Crippen molar-refractivity contribution in [1.82, 2.24) is 0 Å². The molecule has 1 unspecified atom stereocenters. The maximum Gasteiger partial charge on any atom is 0.306 e. The number of ether oxygens (including phenoxy) is 2. The lowest BCUT2D eigenvalue weighted by Gasteiger charge is -2.15. The molecule has 0 aromatic carbocycles. The van der Waals surface area contributed by atoms with Crippen LogP contribution in [0.15, 0.2) is 85.1 Å². The number of aliphatic hydroxyl groups is 1. The van der Waals surface area contributed by atoms with Gasteiger partial charge in [0.05, 0.1) is 6.61 Å². The molecule has 0 bridgehead atoms. The molecule has 0 aliphatic carbocycles. The van der Waals surface area contributed by atoms with E-state index in [1.54, 1.807) is 0 Å². The number of unbranched alkanes of at least 4 members (excludes halogenated alkanes) is 29. The van der Waals surface area contributed by atoms with Crippen LogP contribution in [0.5, 0.6) is 0 Å². The van der Waals surface area contributed by atoms with E-state index in [0.717, 1.165) is 83.5 Å². The van der Waals surface area contributed by atoms with Gasteiger partial charge in [-0.1, -0.05) is 253 Å². The zero-order valence-electron chi connectivity index (χ0n) is 43.4. The second kappa shape index (κ2) is 56.4. The minimum absolute atomic E-state index is 0.0691. The number of rotatable bonds is 51. The van der Waals surface area contributed by atoms with Crippen molar-refractivity contribution < 1.29 is 24.2 Å². The van der Waals surface area contributed by atoms with Gasteiger partial charge < -0.3 is 14.6 Å². The Morgan fingerprint density at radius 3 is 1.00 bits per heavy atom. The first-order valence-electron chi connectivity index (χ1n) is 28.1. The van der Waals surface area contributed by atoms with Crippen molar-refractivity contribution >= 4 is 11.9 Å². The van der Waals surface area contributed by atoms with Crippen LogP contribution in [0.4, 0.5) is 0 Å². The summed E-state index contributed by atoms with van der Waals surface area (Å²) in [7, 11) is 0. The molecule has 0 saturated heterocycles. The summed E-state index contributed by atoms with van der Waals surface area (Å²) in [5, 5.41) is 9.62. The highest BCUT2D eigenvalue weighted by Crippen LogP contribution is 2.16. The maximum absolute atomic E-state index is 12.3. The van der Waals surface area contributed by atoms with Crippen molar-refractivity contribution in [2.45, 2.75) is 277 Å². The quantitative estimate of drug-likeness (QED) is 0.0374. The van der Waals surface area contributed by atoms with Crippen LogP contribution in [0.1, 0.15) is 271 Å². The summed E-state index contributed by atoms with van der Waals surface area (Å²) in [4.78, 5) is 24.4. The van der Waals surface area contributed by atoms with Crippen LogP contribution in [-0.4, -0.2) is 36.4 Å². The molecule has 0 rings (SSSR count). The van der Waals surface area contributed by atoms with Gasteiger partial charge in [-0.15, -0.1) is 0 Å². The molecule has 0 aromatic rings. The lowest BCUT2D eigenvalue weighted by atomic mass is 10.0. The standard InChI is InChI=1S/C61H106O5/c1-3-5-7-9-11-13-15-17-18-19-20-21-22-23-24-25-26-27-28-29-30-31-32-33-34-35-36-37-38-39-40-41-42-44-46-48-50-52-54-56-61(64)66-59(57-62)58-65-60(63)55-53-51-49-47-45-43-16-14-12-10-8-6-4-2/h5,7,11,13-14,16-18,20-21,23-24,26-27,59,62H,3-4,6,8-10,12,15,19,22,25,28-58H2,1-2H3/b7-5-,13-11-,16-14-,18-17-,21-20-,24-23-,27-26-. The van der Waals surface area contributed by atoms with Gasteiger partial charge in [-0.2, -0.15) is 0 Å². The van der Waals surface area contributed by atoms with Crippen LogP contribution in [0.2, 0.25) is 0 Å². The molecule has 0 spiro atoms. The molecule has 1 atom stereocenters. The number of hydrogen-bond donors (Lipinski definition) is 1. The number of esters is 2. The van der Waals surface area contributed by atoms with Crippen LogP contribution < -0.4 is 0 Å². The molecule has 0 saturated carbocycles. The summed E-state index contributed by atoms with van der Waals surface area (Å²) < 4.78 is 10.7. The Balaban J connectivity index is 3.44. The zero-order chi connectivity index (χ0) is 47.7. The molecule has 0 heterocycles. The van der Waals surface area contributed by atoms with E-state index in [0.29, 0.717) is 12.8 Å². The smallest absolute Gasteiger partial charge is 0.306 e. The van der Waals surface area contributed by atoms with Gasteiger partial charge in [0.2, 0.25) is 0 Å². The molecule has 0 aliphatic heterocycles. The van der Waals surface area contributed by atoms with E-state index < -0.39 is 6.10 Å². The molecule has 5 nitrogen and oxygen atoms in total. The van der Waals surface area contributed by atoms with E-state index >= 15 is 0 Å². The average Bonchev–Trinajstić information content (AvgIpc) is 3.32. The highest BCUT2D eigenvalue weighted by Gasteiger charge is 2.16. The van der Waals surface area contributed by atoms with E-state index in [1.165, 1.54) is 161 Å². The number of carbonyl (C=O) groups is 2. The van der Waals surface area contributed by atoms with Gasteiger partial charge in [0.1, 0.15) is 6.61 Å². The van der Waals surface area contributed by atoms with Crippen LogP contribution >= 0.6 is 0 Å². The second-order valence-electron chi connectivity index (χ2n) is 18.6. The van der Waals surface area contributed by atoms with E-state index in [9.17, 15) is 14.7 Å². The monoisotopic (exact) mass is 919 g/mol. The molecule has 66 heavy (non-hydrogen) atoms. The average molecular weight is 920 g/mol. The first-order chi connectivity index (χ1) is 32.6. The topological polar surface area (TPSA) is 72.8 Å². The summed E-state index contributed by atoms with van der Waals surface area (Å²) in [5.74, 6) is -0.594. The number of aliphatic hydroxyl groups excluding tert-OH is 1. The van der Waals surface area contributed by atoms with Crippen molar-refractivity contribution in [3.8, 4) is 0 Å². The maximum atomic E-state index is 12.3. The highest BCUT2D eigenvalue weighted by atomic mass is 16.6. The molecule has 0 amide bonds. The largest absolute Gasteiger partial charge is 0.462 e. The summed E-state index contributed by atoms with van der Waals surface area (Å²) in [5.41, 5.74) is 0. The van der Waals surface area contributed by atoms with Gasteiger partial charge in [-0.05, 0) is 89.9 Å². The molecule has 5 heteroatoms. The zero-order valence-corrected chi connectivity index (χ0v) is 43.4. The van der Waals surface area contributed by atoms with E-state index in [4.69, 9.17) is 9.47 Å². The third-order valence-electron chi connectivity index (χ3n) is 12.2. The third kappa shape index (κ3) is 53.7. The van der Waals surface area contributed by atoms with Gasteiger partial charge in [0.15, 0.2) is 6.10 Å². The van der Waals surface area contributed by atoms with Gasteiger partial charge in [0, 0.05) is 12.8 Å². The molecule has 0 aliphatic rings. The van der Waals surface area contributed by atoms with Crippen LogP contribution in [0.25, 0.3) is 0 Å². The molecular weight excluding hydrogens is 813 g/mol. The molecule has 0 aromatic heterocycles. The van der Waals surface area contributed by atoms with Crippen molar-refractivity contribution in [3.63, 3.8) is 0 Å². The molecule has 380 valence electrons.